The molecule has 0 amide bonds. The van der Waals surface area contributed by atoms with Crippen molar-refractivity contribution in [3.8, 4) is 0 Å². The summed E-state index contributed by atoms with van der Waals surface area (Å²) in [6.07, 6.45) is 7.72. The van der Waals surface area contributed by atoms with Crippen molar-refractivity contribution in [3.05, 3.63) is 143 Å². The molecule has 0 aliphatic heterocycles. The number of hydrogen-bond acceptors (Lipinski definition) is 0. The Morgan fingerprint density at radius 1 is 0.730 bits per heavy atom. The molecule has 1 aliphatic carbocycles. The molecule has 0 bridgehead atoms. The number of hydrogen-bond donors (Lipinski definition) is 0. The van der Waals surface area contributed by atoms with Crippen molar-refractivity contribution in [2.75, 3.05) is 0 Å². The van der Waals surface area contributed by atoms with E-state index in [4.69, 9.17) is 0 Å². The standard InChI is InChI=1S/C21H19.C13H10.2ClH.Zr/c1-13-7-6-10-17-12-19-18(16-8-4-5-9-16)11-14(2)15(3)21(19)20(13)17;1-3-7-12(8-4-1)11-13-9-5-2-6-10-13;;;/h4-8,10-12H,9H2,1-3H3;1-10H;2*1H;/q-1;;;;+2/p-2. The van der Waals surface area contributed by atoms with Gasteiger partial charge in [0.1, 0.15) is 0 Å². The van der Waals surface area contributed by atoms with Gasteiger partial charge in [-0.1, -0.05) is 64.3 Å². The van der Waals surface area contributed by atoms with Crippen LogP contribution in [0.4, 0.5) is 0 Å². The van der Waals surface area contributed by atoms with Crippen molar-refractivity contribution in [1.29, 1.82) is 0 Å². The summed E-state index contributed by atoms with van der Waals surface area (Å²) >= 11 is 1.46. The van der Waals surface area contributed by atoms with Gasteiger partial charge in [-0.05, 0) is 27.2 Å². The van der Waals surface area contributed by atoms with E-state index in [9.17, 15) is 0 Å². The molecule has 0 aromatic heterocycles. The molecule has 37 heavy (non-hydrogen) atoms. The first-order chi connectivity index (χ1) is 17.0. The minimum atomic E-state index is 0. The van der Waals surface area contributed by atoms with E-state index >= 15 is 0 Å². The van der Waals surface area contributed by atoms with Crippen LogP contribution in [0, 0.1) is 20.8 Å². The maximum atomic E-state index is 2.37. The zero-order chi connectivity index (χ0) is 24.4. The van der Waals surface area contributed by atoms with E-state index in [-0.39, 0.29) is 24.8 Å². The van der Waals surface area contributed by atoms with E-state index in [0.717, 1.165) is 6.42 Å². The molecule has 0 saturated heterocycles. The molecule has 0 radical (unpaired) electrons. The zero-order valence-electron chi connectivity index (χ0n) is 21.4. The van der Waals surface area contributed by atoms with Gasteiger partial charge in [0.05, 0.1) is 0 Å². The van der Waals surface area contributed by atoms with Crippen LogP contribution in [0.3, 0.4) is 0 Å². The first-order valence-corrected chi connectivity index (χ1v) is 13.4. The Bertz CT molecular complexity index is 1550. The molecule has 6 rings (SSSR count). The van der Waals surface area contributed by atoms with Gasteiger partial charge in [0.2, 0.25) is 0 Å². The average molecular weight is 600 g/mol. The van der Waals surface area contributed by atoms with Crippen LogP contribution in [0.15, 0.2) is 109 Å². The molecule has 5 aromatic rings. The van der Waals surface area contributed by atoms with Gasteiger partial charge in [0.15, 0.2) is 0 Å². The molecule has 5 aromatic carbocycles. The number of fused-ring (bicyclic) bond motifs is 3. The van der Waals surface area contributed by atoms with Gasteiger partial charge in [0, 0.05) is 0 Å². The summed E-state index contributed by atoms with van der Waals surface area (Å²) < 4.78 is 1.42. The van der Waals surface area contributed by atoms with Crippen molar-refractivity contribution in [2.45, 2.75) is 27.2 Å². The Morgan fingerprint density at radius 3 is 1.92 bits per heavy atom. The molecule has 0 fully saturated rings. The van der Waals surface area contributed by atoms with E-state index in [1.807, 2.05) is 0 Å². The topological polar surface area (TPSA) is 0 Å². The summed E-state index contributed by atoms with van der Waals surface area (Å²) in [6, 6.07) is 32.5. The maximum absolute atomic E-state index is 2.37. The van der Waals surface area contributed by atoms with E-state index in [1.165, 1.54) is 87.9 Å². The molecule has 0 unspecified atom stereocenters. The third-order valence-corrected chi connectivity index (χ3v) is 8.40. The SMILES string of the molecule is Cc1cc(C2=CC=CC2)c2[cH-]c3cccc(C)c3c2c1C.[Cl-].[Cl-].[Zr+2]=[C](c1ccccc1)c1ccccc1. The summed E-state index contributed by atoms with van der Waals surface area (Å²) in [5, 5.41) is 5.66. The molecule has 3 heteroatoms. The normalized spacial score (nSPS) is 11.9. The summed E-state index contributed by atoms with van der Waals surface area (Å²) in [4.78, 5) is 0. The predicted octanol–water partition coefficient (Wildman–Crippen LogP) is 2.79. The van der Waals surface area contributed by atoms with Gasteiger partial charge < -0.3 is 24.8 Å². The number of halogens is 2. The van der Waals surface area contributed by atoms with Gasteiger partial charge in [-0.3, -0.25) is 0 Å². The monoisotopic (exact) mass is 597 g/mol. The van der Waals surface area contributed by atoms with Crippen LogP contribution in [0.25, 0.3) is 27.1 Å². The number of allylic oxidation sites excluding steroid dienone is 4. The number of aryl methyl sites for hydroxylation is 3. The van der Waals surface area contributed by atoms with Crippen LogP contribution in [-0.2, 0) is 24.2 Å². The minimum absolute atomic E-state index is 0. The Labute approximate surface area is 247 Å². The fourth-order valence-corrected chi connectivity index (χ4v) is 5.82. The molecule has 0 saturated carbocycles. The van der Waals surface area contributed by atoms with Crippen molar-refractivity contribution in [3.63, 3.8) is 0 Å². The van der Waals surface area contributed by atoms with Crippen LogP contribution in [0.2, 0.25) is 0 Å². The molecule has 0 heterocycles. The van der Waals surface area contributed by atoms with Gasteiger partial charge in [-0.2, -0.15) is 0 Å². The van der Waals surface area contributed by atoms with Crippen LogP contribution in [0.1, 0.15) is 39.8 Å². The molecule has 1 aliphatic rings. The molecular formula is C34H29Cl2Zr-. The van der Waals surface area contributed by atoms with Gasteiger partial charge in [-0.25, -0.2) is 0 Å². The van der Waals surface area contributed by atoms with Crippen molar-refractivity contribution >= 4 is 30.3 Å². The first kappa shape index (κ1) is 29.1. The van der Waals surface area contributed by atoms with Crippen LogP contribution in [0.5, 0.6) is 0 Å². The molecule has 184 valence electrons. The first-order valence-electron chi connectivity index (χ1n) is 12.2. The summed E-state index contributed by atoms with van der Waals surface area (Å²) in [5.41, 5.74) is 9.70. The van der Waals surface area contributed by atoms with Crippen LogP contribution < -0.4 is 24.8 Å². The van der Waals surface area contributed by atoms with E-state index in [1.54, 1.807) is 0 Å². The van der Waals surface area contributed by atoms with Gasteiger partial charge in [-0.15, -0.1) is 33.7 Å². The molecule has 0 spiro atoms. The Morgan fingerprint density at radius 2 is 1.35 bits per heavy atom. The second-order valence-electron chi connectivity index (χ2n) is 9.27. The van der Waals surface area contributed by atoms with Crippen molar-refractivity contribution in [2.24, 2.45) is 0 Å². The second-order valence-corrected chi connectivity index (χ2v) is 10.5. The van der Waals surface area contributed by atoms with Crippen LogP contribution >= 0.6 is 0 Å². The Hall–Kier alpha value is -2.44. The van der Waals surface area contributed by atoms with Gasteiger partial charge >= 0.3 is 99.2 Å². The summed E-state index contributed by atoms with van der Waals surface area (Å²) in [7, 11) is 0. The Kier molecular flexibility index (Phi) is 10.1. The van der Waals surface area contributed by atoms with E-state index in [2.05, 4.69) is 130 Å². The summed E-state index contributed by atoms with van der Waals surface area (Å²) in [5.74, 6) is 0. The van der Waals surface area contributed by atoms with E-state index in [0.29, 0.717) is 0 Å². The van der Waals surface area contributed by atoms with Crippen LogP contribution in [-0.4, -0.2) is 3.21 Å². The van der Waals surface area contributed by atoms with Crippen molar-refractivity contribution in [1.82, 2.24) is 0 Å². The average Bonchev–Trinajstić information content (AvgIpc) is 3.57. The third-order valence-electron chi connectivity index (χ3n) is 6.98. The predicted molar refractivity (Wildman–Crippen MR) is 149 cm³/mol. The van der Waals surface area contributed by atoms with Gasteiger partial charge in [0.25, 0.3) is 0 Å². The zero-order valence-corrected chi connectivity index (χ0v) is 25.3. The number of rotatable bonds is 3. The molecule has 0 N–H and O–H groups in total. The Balaban J connectivity index is 0.000000210. The summed E-state index contributed by atoms with van der Waals surface area (Å²) in [6.45, 7) is 6.71. The molecule has 0 nitrogen and oxygen atoms in total. The second kappa shape index (κ2) is 12.9. The molecular weight excluding hydrogens is 571 g/mol. The third kappa shape index (κ3) is 6.01. The number of benzene rings is 4. The molecule has 0 atom stereocenters. The van der Waals surface area contributed by atoms with E-state index < -0.39 is 0 Å². The fraction of sp³-hybridized carbons (Fsp3) is 0.118. The quantitative estimate of drug-likeness (QED) is 0.280. The van der Waals surface area contributed by atoms with Crippen molar-refractivity contribution < 1.29 is 49.0 Å². The fourth-order valence-electron chi connectivity index (χ4n) is 5.01.